The van der Waals surface area contributed by atoms with Gasteiger partial charge in [0.1, 0.15) is 0 Å². The first-order chi connectivity index (χ1) is 13.5. The van der Waals surface area contributed by atoms with Gasteiger partial charge in [0.05, 0.1) is 12.2 Å². The molecule has 10 atom stereocenters. The summed E-state index contributed by atoms with van der Waals surface area (Å²) in [6.45, 7) is 6.56. The molecule has 6 heteroatoms. The number of methoxy groups -OCH3 is 1. The van der Waals surface area contributed by atoms with Crippen molar-refractivity contribution in [2.45, 2.75) is 108 Å². The molecule has 1 spiro atoms. The minimum Gasteiger partial charge on any atom is -0.379 e. The zero-order valence-corrected chi connectivity index (χ0v) is 17.7. The van der Waals surface area contributed by atoms with Crippen molar-refractivity contribution in [2.75, 3.05) is 7.11 Å². The van der Waals surface area contributed by atoms with Crippen molar-refractivity contribution in [2.24, 2.45) is 23.7 Å². The Morgan fingerprint density at radius 2 is 1.68 bits per heavy atom. The van der Waals surface area contributed by atoms with E-state index in [1.807, 2.05) is 6.92 Å². The first-order valence-electron chi connectivity index (χ1n) is 11.4. The molecule has 0 aromatic rings. The summed E-state index contributed by atoms with van der Waals surface area (Å²) >= 11 is 0. The van der Waals surface area contributed by atoms with E-state index in [-0.39, 0.29) is 24.4 Å². The first kappa shape index (κ1) is 19.7. The van der Waals surface area contributed by atoms with Crippen LogP contribution in [0.4, 0.5) is 0 Å². The van der Waals surface area contributed by atoms with Gasteiger partial charge in [0.15, 0.2) is 18.2 Å². The molecule has 160 valence electrons. The summed E-state index contributed by atoms with van der Waals surface area (Å²) in [4.78, 5) is 12.1. The van der Waals surface area contributed by atoms with Gasteiger partial charge in [0.2, 0.25) is 5.79 Å². The highest BCUT2D eigenvalue weighted by molar-refractivity contribution is 5.09. The second kappa shape index (κ2) is 7.17. The average Bonchev–Trinajstić information content (AvgIpc) is 2.92. The Kier molecular flexibility index (Phi) is 5.05. The summed E-state index contributed by atoms with van der Waals surface area (Å²) in [7, 11) is 1.79. The van der Waals surface area contributed by atoms with E-state index in [4.69, 9.17) is 28.7 Å². The lowest BCUT2D eigenvalue weighted by Gasteiger charge is -2.60. The maximum absolute atomic E-state index is 6.57. The van der Waals surface area contributed by atoms with Crippen molar-refractivity contribution in [1.82, 2.24) is 0 Å². The van der Waals surface area contributed by atoms with E-state index in [2.05, 4.69) is 13.8 Å². The van der Waals surface area contributed by atoms with Gasteiger partial charge in [-0.3, -0.25) is 0 Å². The molecule has 6 nitrogen and oxygen atoms in total. The van der Waals surface area contributed by atoms with E-state index in [0.29, 0.717) is 17.8 Å². The molecule has 0 amide bonds. The van der Waals surface area contributed by atoms with Gasteiger partial charge >= 0.3 is 0 Å². The highest BCUT2D eigenvalue weighted by atomic mass is 17.3. The number of fused-ring (bicyclic) bond motifs is 2. The Bertz CT molecular complexity index is 585. The van der Waals surface area contributed by atoms with Crippen molar-refractivity contribution in [3.05, 3.63) is 0 Å². The molecule has 0 aromatic carbocycles. The van der Waals surface area contributed by atoms with Crippen LogP contribution in [0.15, 0.2) is 0 Å². The molecular weight excluding hydrogens is 360 g/mol. The number of hydrogen-bond acceptors (Lipinski definition) is 6. The minimum atomic E-state index is -0.734. The fraction of sp³-hybridized carbons (Fsp3) is 1.00. The van der Waals surface area contributed by atoms with Gasteiger partial charge in [-0.15, -0.1) is 0 Å². The summed E-state index contributed by atoms with van der Waals surface area (Å²) in [5, 5.41) is 0. The Labute approximate surface area is 168 Å². The van der Waals surface area contributed by atoms with Gasteiger partial charge in [0.25, 0.3) is 0 Å². The molecule has 6 aliphatic rings. The molecule has 2 bridgehead atoms. The third-order valence-corrected chi connectivity index (χ3v) is 8.35. The van der Waals surface area contributed by atoms with Crippen LogP contribution in [0.1, 0.15) is 72.1 Å². The lowest BCUT2D eigenvalue weighted by atomic mass is 9.58. The van der Waals surface area contributed by atoms with Crippen LogP contribution in [0.25, 0.3) is 0 Å². The smallest absolute Gasteiger partial charge is 0.201 e. The van der Waals surface area contributed by atoms with Gasteiger partial charge in [-0.1, -0.05) is 26.7 Å². The van der Waals surface area contributed by atoms with Crippen LogP contribution in [0.3, 0.4) is 0 Å². The van der Waals surface area contributed by atoms with Crippen LogP contribution in [0.5, 0.6) is 0 Å². The Balaban J connectivity index is 1.43. The topological polar surface area (TPSA) is 55.4 Å². The summed E-state index contributed by atoms with van der Waals surface area (Å²) in [5.74, 6) is 0.772. The van der Waals surface area contributed by atoms with Crippen LogP contribution in [0, 0.1) is 23.7 Å². The summed E-state index contributed by atoms with van der Waals surface area (Å²) in [6.07, 6.45) is 8.22. The molecule has 6 rings (SSSR count). The molecule has 4 aliphatic heterocycles. The lowest BCUT2D eigenvalue weighted by molar-refractivity contribution is -0.578. The van der Waals surface area contributed by atoms with Crippen molar-refractivity contribution >= 4 is 0 Å². The largest absolute Gasteiger partial charge is 0.379 e. The molecule has 6 fully saturated rings. The minimum absolute atomic E-state index is 0.0919. The molecule has 0 radical (unpaired) electrons. The maximum atomic E-state index is 6.57. The van der Waals surface area contributed by atoms with E-state index in [0.717, 1.165) is 32.1 Å². The van der Waals surface area contributed by atoms with E-state index < -0.39 is 17.7 Å². The first-order valence-corrected chi connectivity index (χ1v) is 11.4. The molecule has 4 saturated heterocycles. The molecule has 5 unspecified atom stereocenters. The van der Waals surface area contributed by atoms with Crippen LogP contribution in [0.2, 0.25) is 0 Å². The molecule has 2 saturated carbocycles. The quantitative estimate of drug-likeness (QED) is 0.668. The Morgan fingerprint density at radius 1 is 0.893 bits per heavy atom. The van der Waals surface area contributed by atoms with Crippen LogP contribution >= 0.6 is 0 Å². The third kappa shape index (κ3) is 2.90. The number of rotatable bonds is 3. The monoisotopic (exact) mass is 396 g/mol. The lowest BCUT2D eigenvalue weighted by Crippen LogP contribution is -2.70. The second-order valence-corrected chi connectivity index (χ2v) is 10.0. The third-order valence-electron chi connectivity index (χ3n) is 8.35. The molecule has 0 N–H and O–H groups in total. The van der Waals surface area contributed by atoms with E-state index in [1.54, 1.807) is 7.11 Å². The standard InChI is InChI=1S/C22H36O6/c1-13-9-10-16-14(2)19(24-18-8-6-5-7-17(18)23-4)25-20-22(16)15(13)11-12-21(3,26-20)27-28-22/h13-20H,5-12H2,1-4H3/t13-,14-,15?,16?,17?,18?,19?,20-,21-,22-/m1/s1. The fourth-order valence-corrected chi connectivity index (χ4v) is 6.69. The second-order valence-electron chi connectivity index (χ2n) is 10.0. The molecule has 0 aromatic heterocycles. The predicted molar refractivity (Wildman–Crippen MR) is 101 cm³/mol. The zero-order chi connectivity index (χ0) is 19.5. The normalized spacial score (nSPS) is 56.1. The van der Waals surface area contributed by atoms with E-state index in [9.17, 15) is 0 Å². The van der Waals surface area contributed by atoms with Crippen LogP contribution in [-0.4, -0.2) is 43.3 Å². The molecule has 2 aliphatic carbocycles. The van der Waals surface area contributed by atoms with Crippen molar-refractivity contribution in [1.29, 1.82) is 0 Å². The van der Waals surface area contributed by atoms with Crippen molar-refractivity contribution in [3.8, 4) is 0 Å². The van der Waals surface area contributed by atoms with Gasteiger partial charge in [-0.25, -0.2) is 9.78 Å². The van der Waals surface area contributed by atoms with Crippen molar-refractivity contribution in [3.63, 3.8) is 0 Å². The predicted octanol–water partition coefficient (Wildman–Crippen LogP) is 4.17. The summed E-state index contributed by atoms with van der Waals surface area (Å²) in [5.41, 5.74) is -0.514. The van der Waals surface area contributed by atoms with Crippen molar-refractivity contribution < 1.29 is 28.7 Å². The SMILES string of the molecule is COC1CCCCC1OC1O[C@@H]2O[C@@]3(C)CCC4[C@H](C)CCC([C@H]1C)[C@]42OO3. The molecular formula is C22H36O6. The van der Waals surface area contributed by atoms with Gasteiger partial charge < -0.3 is 18.9 Å². The van der Waals surface area contributed by atoms with Crippen LogP contribution < -0.4 is 0 Å². The highest BCUT2D eigenvalue weighted by Crippen LogP contribution is 2.60. The number of ether oxygens (including phenoxy) is 4. The molecule has 4 heterocycles. The highest BCUT2D eigenvalue weighted by Gasteiger charge is 2.69. The number of hydrogen-bond donors (Lipinski definition) is 0. The van der Waals surface area contributed by atoms with Gasteiger partial charge in [0, 0.05) is 25.4 Å². The summed E-state index contributed by atoms with van der Waals surface area (Å²) < 4.78 is 25.2. The molecule has 28 heavy (non-hydrogen) atoms. The zero-order valence-electron chi connectivity index (χ0n) is 17.7. The van der Waals surface area contributed by atoms with E-state index in [1.165, 1.54) is 19.3 Å². The Hall–Kier alpha value is -0.240. The fourth-order valence-electron chi connectivity index (χ4n) is 6.69. The average molecular weight is 397 g/mol. The summed E-state index contributed by atoms with van der Waals surface area (Å²) in [6, 6.07) is 0. The van der Waals surface area contributed by atoms with Crippen LogP contribution in [-0.2, 0) is 28.7 Å². The van der Waals surface area contributed by atoms with E-state index >= 15 is 0 Å². The van der Waals surface area contributed by atoms with Gasteiger partial charge in [-0.05, 0) is 50.9 Å². The Morgan fingerprint density at radius 3 is 2.46 bits per heavy atom. The van der Waals surface area contributed by atoms with Gasteiger partial charge in [-0.2, -0.15) is 0 Å². The maximum Gasteiger partial charge on any atom is 0.201 e.